The van der Waals surface area contributed by atoms with Crippen molar-refractivity contribution in [3.05, 3.63) is 0 Å². The second-order valence-electron chi connectivity index (χ2n) is 3.56. The molecule has 0 saturated carbocycles. The Morgan fingerprint density at radius 3 is 2.42 bits per heavy atom. The fourth-order valence-corrected chi connectivity index (χ4v) is 1.74. The van der Waals surface area contributed by atoms with Crippen LogP contribution in [0.25, 0.3) is 0 Å². The van der Waals surface area contributed by atoms with Crippen LogP contribution in [0.2, 0.25) is 0 Å². The number of nitrogens with zero attached hydrogens (tertiary/aromatic N) is 1. The monoisotopic (exact) mass is 173 g/mol. The minimum absolute atomic E-state index is 0.0162. The summed E-state index contributed by atoms with van der Waals surface area (Å²) in [6.07, 6.45) is -0.478. The molecular formula is C8H15NO3. The molecule has 2 atom stereocenters. The molecule has 1 rings (SSSR count). The van der Waals surface area contributed by atoms with Gasteiger partial charge in [0.1, 0.15) is 6.23 Å². The Morgan fingerprint density at radius 1 is 1.50 bits per heavy atom. The highest BCUT2D eigenvalue weighted by molar-refractivity contribution is 5.66. The highest BCUT2D eigenvalue weighted by Crippen LogP contribution is 2.27. The second kappa shape index (κ2) is 3.31. The second-order valence-corrected chi connectivity index (χ2v) is 3.56. The van der Waals surface area contributed by atoms with Gasteiger partial charge in [0, 0.05) is 6.04 Å². The molecule has 1 saturated heterocycles. The van der Waals surface area contributed by atoms with E-state index in [1.54, 1.807) is 0 Å². The smallest absolute Gasteiger partial charge is 0.409 e. The summed E-state index contributed by atoms with van der Waals surface area (Å²) in [6, 6.07) is -0.0162. The molecule has 0 spiro atoms. The van der Waals surface area contributed by atoms with E-state index in [0.717, 1.165) is 11.3 Å². The van der Waals surface area contributed by atoms with Crippen LogP contribution < -0.4 is 0 Å². The molecule has 0 radical (unpaired) electrons. The average molecular weight is 173 g/mol. The standard InChI is InChI=1S/C8H15NO3/c1-5(2)6-3-4-7(10)9(6)8(11)12/h5-7,10H,3-4H2,1-2H3,(H,11,12)/t6-,7?/m1/s1. The van der Waals surface area contributed by atoms with E-state index >= 15 is 0 Å². The number of carbonyl (C=O) groups is 1. The lowest BCUT2D eigenvalue weighted by Gasteiger charge is -2.26. The van der Waals surface area contributed by atoms with Crippen LogP contribution in [0.1, 0.15) is 26.7 Å². The lowest BCUT2D eigenvalue weighted by Crippen LogP contribution is -2.42. The van der Waals surface area contributed by atoms with Crippen molar-refractivity contribution in [2.24, 2.45) is 5.92 Å². The van der Waals surface area contributed by atoms with Gasteiger partial charge in [-0.15, -0.1) is 0 Å². The minimum atomic E-state index is -1.02. The Morgan fingerprint density at radius 2 is 2.08 bits per heavy atom. The Balaban J connectivity index is 2.70. The zero-order chi connectivity index (χ0) is 9.30. The minimum Gasteiger partial charge on any atom is -0.465 e. The predicted octanol–water partition coefficient (Wildman–Crippen LogP) is 1.10. The summed E-state index contributed by atoms with van der Waals surface area (Å²) in [4.78, 5) is 11.9. The molecule has 1 heterocycles. The summed E-state index contributed by atoms with van der Waals surface area (Å²) < 4.78 is 0. The lowest BCUT2D eigenvalue weighted by atomic mass is 10.0. The zero-order valence-electron chi connectivity index (χ0n) is 7.40. The van der Waals surface area contributed by atoms with Gasteiger partial charge in [-0.2, -0.15) is 0 Å². The summed E-state index contributed by atoms with van der Waals surface area (Å²) in [5, 5.41) is 18.1. The zero-order valence-corrected chi connectivity index (χ0v) is 7.40. The summed E-state index contributed by atoms with van der Waals surface area (Å²) in [5.74, 6) is 0.276. The van der Waals surface area contributed by atoms with Crippen molar-refractivity contribution in [3.8, 4) is 0 Å². The van der Waals surface area contributed by atoms with Gasteiger partial charge in [-0.05, 0) is 18.8 Å². The third-order valence-electron chi connectivity index (χ3n) is 2.39. The van der Waals surface area contributed by atoms with Gasteiger partial charge < -0.3 is 10.2 Å². The number of hydrogen-bond donors (Lipinski definition) is 2. The van der Waals surface area contributed by atoms with Crippen LogP contribution in [0.3, 0.4) is 0 Å². The van der Waals surface area contributed by atoms with Crippen LogP contribution >= 0.6 is 0 Å². The van der Waals surface area contributed by atoms with Gasteiger partial charge in [0.15, 0.2) is 0 Å². The first-order valence-electron chi connectivity index (χ1n) is 4.23. The third-order valence-corrected chi connectivity index (χ3v) is 2.39. The molecule has 4 nitrogen and oxygen atoms in total. The Hall–Kier alpha value is -0.770. The van der Waals surface area contributed by atoms with Crippen LogP contribution in [-0.2, 0) is 0 Å². The Bertz CT molecular complexity index is 181. The first-order chi connectivity index (χ1) is 5.54. The van der Waals surface area contributed by atoms with E-state index in [9.17, 15) is 9.90 Å². The fraction of sp³-hybridized carbons (Fsp3) is 0.875. The molecule has 0 aliphatic carbocycles. The molecule has 1 aliphatic rings. The van der Waals surface area contributed by atoms with E-state index in [0.29, 0.717) is 6.42 Å². The summed E-state index contributed by atoms with van der Waals surface area (Å²) in [5.41, 5.74) is 0. The van der Waals surface area contributed by atoms with E-state index in [2.05, 4.69) is 0 Å². The number of hydrogen-bond acceptors (Lipinski definition) is 2. The number of likely N-dealkylation sites (tertiary alicyclic amines) is 1. The Kier molecular flexibility index (Phi) is 2.57. The van der Waals surface area contributed by atoms with E-state index in [1.165, 1.54) is 0 Å². The number of rotatable bonds is 1. The van der Waals surface area contributed by atoms with Crippen LogP contribution in [0.4, 0.5) is 4.79 Å². The lowest BCUT2D eigenvalue weighted by molar-refractivity contribution is 0.0162. The molecule has 70 valence electrons. The number of aliphatic hydroxyl groups excluding tert-OH is 1. The average Bonchev–Trinajstić information content (AvgIpc) is 2.30. The highest BCUT2D eigenvalue weighted by atomic mass is 16.4. The van der Waals surface area contributed by atoms with Crippen molar-refractivity contribution >= 4 is 6.09 Å². The van der Waals surface area contributed by atoms with E-state index in [-0.39, 0.29) is 12.0 Å². The normalized spacial score (nSPS) is 29.8. The maximum Gasteiger partial charge on any atom is 0.409 e. The van der Waals surface area contributed by atoms with Crippen molar-refractivity contribution in [1.29, 1.82) is 0 Å². The van der Waals surface area contributed by atoms with Gasteiger partial charge in [0.2, 0.25) is 0 Å². The van der Waals surface area contributed by atoms with Gasteiger partial charge in [-0.1, -0.05) is 13.8 Å². The van der Waals surface area contributed by atoms with Gasteiger partial charge in [0.05, 0.1) is 0 Å². The first-order valence-corrected chi connectivity index (χ1v) is 4.23. The molecule has 1 amide bonds. The topological polar surface area (TPSA) is 60.8 Å². The Labute approximate surface area is 71.8 Å². The van der Waals surface area contributed by atoms with Gasteiger partial charge in [-0.25, -0.2) is 4.79 Å². The van der Waals surface area contributed by atoms with Crippen LogP contribution in [-0.4, -0.2) is 33.5 Å². The fourth-order valence-electron chi connectivity index (χ4n) is 1.74. The maximum absolute atomic E-state index is 10.7. The molecule has 1 unspecified atom stereocenters. The van der Waals surface area contributed by atoms with Crippen molar-refractivity contribution < 1.29 is 15.0 Å². The van der Waals surface area contributed by atoms with Crippen molar-refractivity contribution in [2.45, 2.75) is 39.0 Å². The molecule has 4 heteroatoms. The van der Waals surface area contributed by atoms with E-state index in [1.807, 2.05) is 13.8 Å². The van der Waals surface area contributed by atoms with Crippen LogP contribution in [0, 0.1) is 5.92 Å². The molecule has 0 aromatic rings. The maximum atomic E-state index is 10.7. The largest absolute Gasteiger partial charge is 0.465 e. The molecule has 1 aliphatic heterocycles. The SMILES string of the molecule is CC(C)[C@H]1CCC(O)N1C(=O)O. The quantitative estimate of drug-likeness (QED) is 0.624. The third kappa shape index (κ3) is 1.53. The van der Waals surface area contributed by atoms with Crippen LogP contribution in [0.5, 0.6) is 0 Å². The summed E-state index contributed by atoms with van der Waals surface area (Å²) in [7, 11) is 0. The number of aliphatic hydroxyl groups is 1. The predicted molar refractivity (Wildman–Crippen MR) is 43.7 cm³/mol. The van der Waals surface area contributed by atoms with Gasteiger partial charge >= 0.3 is 6.09 Å². The number of carboxylic acid groups (broad SMARTS) is 1. The van der Waals surface area contributed by atoms with E-state index in [4.69, 9.17) is 5.11 Å². The first kappa shape index (κ1) is 9.32. The highest BCUT2D eigenvalue weighted by Gasteiger charge is 2.37. The van der Waals surface area contributed by atoms with Crippen molar-refractivity contribution in [2.75, 3.05) is 0 Å². The summed E-state index contributed by atoms with van der Waals surface area (Å²) >= 11 is 0. The molecule has 0 aromatic carbocycles. The molecule has 0 aromatic heterocycles. The summed E-state index contributed by atoms with van der Waals surface area (Å²) in [6.45, 7) is 3.94. The molecule has 12 heavy (non-hydrogen) atoms. The number of amides is 1. The molecular weight excluding hydrogens is 158 g/mol. The molecule has 1 fully saturated rings. The van der Waals surface area contributed by atoms with Gasteiger partial charge in [-0.3, -0.25) is 4.90 Å². The van der Waals surface area contributed by atoms with Crippen molar-refractivity contribution in [3.63, 3.8) is 0 Å². The van der Waals surface area contributed by atoms with E-state index < -0.39 is 12.3 Å². The van der Waals surface area contributed by atoms with Gasteiger partial charge in [0.25, 0.3) is 0 Å². The van der Waals surface area contributed by atoms with Crippen molar-refractivity contribution in [1.82, 2.24) is 4.90 Å². The molecule has 2 N–H and O–H groups in total. The molecule has 0 bridgehead atoms. The van der Waals surface area contributed by atoms with Crippen LogP contribution in [0.15, 0.2) is 0 Å².